The first kappa shape index (κ1) is 22.7. The topological polar surface area (TPSA) is 99.3 Å². The van der Waals surface area contributed by atoms with Gasteiger partial charge in [0.2, 0.25) is 0 Å². The van der Waals surface area contributed by atoms with Crippen LogP contribution in [0.4, 0.5) is 15.9 Å². The largest absolute Gasteiger partial charge is 0.487 e. The SMILES string of the molecule is CCOc1ccc(C(=O)Nc2c(-c3ccc(F)cc3)ncn2Cc2ccccc2)cc1[N+](=O)[O-]. The molecule has 0 aliphatic rings. The van der Waals surface area contributed by atoms with Crippen molar-refractivity contribution < 1.29 is 18.8 Å². The summed E-state index contributed by atoms with van der Waals surface area (Å²) >= 11 is 0. The van der Waals surface area contributed by atoms with Gasteiger partial charge in [0.1, 0.15) is 17.3 Å². The fourth-order valence-electron chi connectivity index (χ4n) is 3.49. The van der Waals surface area contributed by atoms with E-state index >= 15 is 0 Å². The van der Waals surface area contributed by atoms with E-state index in [0.29, 0.717) is 23.6 Å². The number of amides is 1. The van der Waals surface area contributed by atoms with Crippen LogP contribution in [0.15, 0.2) is 79.1 Å². The van der Waals surface area contributed by atoms with E-state index in [1.54, 1.807) is 30.0 Å². The standard InChI is InChI=1S/C25H21FN4O4/c1-2-34-22-13-10-19(14-21(22)30(32)33)25(31)28-24-23(18-8-11-20(26)12-9-18)27-16-29(24)15-17-6-4-3-5-7-17/h3-14,16H,2,15H2,1H3,(H,28,31). The summed E-state index contributed by atoms with van der Waals surface area (Å²) in [6.45, 7) is 2.40. The number of nitro benzene ring substituents is 1. The van der Waals surface area contributed by atoms with Crippen LogP contribution >= 0.6 is 0 Å². The summed E-state index contributed by atoms with van der Waals surface area (Å²) in [6.07, 6.45) is 1.59. The molecule has 3 aromatic carbocycles. The van der Waals surface area contributed by atoms with Gasteiger partial charge in [-0.15, -0.1) is 0 Å². The molecule has 0 aliphatic heterocycles. The maximum atomic E-state index is 13.5. The smallest absolute Gasteiger partial charge is 0.311 e. The highest BCUT2D eigenvalue weighted by molar-refractivity contribution is 6.06. The van der Waals surface area contributed by atoms with Crippen molar-refractivity contribution in [3.63, 3.8) is 0 Å². The molecule has 0 spiro atoms. The van der Waals surface area contributed by atoms with E-state index in [1.807, 2.05) is 30.3 Å². The molecule has 1 N–H and O–H groups in total. The maximum Gasteiger partial charge on any atom is 0.311 e. The molecule has 4 rings (SSSR count). The number of aromatic nitrogens is 2. The number of rotatable bonds is 8. The first-order valence-electron chi connectivity index (χ1n) is 10.5. The average molecular weight is 460 g/mol. The fourth-order valence-corrected chi connectivity index (χ4v) is 3.49. The molecule has 9 heteroatoms. The molecular weight excluding hydrogens is 439 g/mol. The maximum absolute atomic E-state index is 13.5. The number of ether oxygens (including phenoxy) is 1. The number of nitrogens with one attached hydrogen (secondary N) is 1. The summed E-state index contributed by atoms with van der Waals surface area (Å²) < 4.78 is 20.5. The third kappa shape index (κ3) is 4.93. The van der Waals surface area contributed by atoms with Crippen molar-refractivity contribution in [3.8, 4) is 17.0 Å². The highest BCUT2D eigenvalue weighted by atomic mass is 19.1. The van der Waals surface area contributed by atoms with E-state index < -0.39 is 10.8 Å². The first-order valence-corrected chi connectivity index (χ1v) is 10.5. The molecule has 34 heavy (non-hydrogen) atoms. The molecule has 172 valence electrons. The summed E-state index contributed by atoms with van der Waals surface area (Å²) in [6, 6.07) is 19.4. The number of halogens is 1. The zero-order chi connectivity index (χ0) is 24.1. The number of carbonyl (C=O) groups is 1. The van der Waals surface area contributed by atoms with E-state index in [0.717, 1.165) is 5.56 Å². The molecule has 0 saturated heterocycles. The van der Waals surface area contributed by atoms with Gasteiger partial charge >= 0.3 is 5.69 Å². The molecule has 0 bridgehead atoms. The van der Waals surface area contributed by atoms with E-state index in [4.69, 9.17) is 4.74 Å². The Morgan fingerprint density at radius 3 is 2.53 bits per heavy atom. The molecule has 1 amide bonds. The molecule has 1 aromatic heterocycles. The Labute approximate surface area is 194 Å². The molecule has 0 radical (unpaired) electrons. The molecule has 1 heterocycles. The summed E-state index contributed by atoms with van der Waals surface area (Å²) in [7, 11) is 0. The zero-order valence-electron chi connectivity index (χ0n) is 18.3. The van der Waals surface area contributed by atoms with Crippen LogP contribution in [0.25, 0.3) is 11.3 Å². The number of carbonyl (C=O) groups excluding carboxylic acids is 1. The van der Waals surface area contributed by atoms with Gasteiger partial charge in [-0.2, -0.15) is 0 Å². The molecule has 0 unspecified atom stereocenters. The molecule has 0 saturated carbocycles. The highest BCUT2D eigenvalue weighted by Gasteiger charge is 2.21. The van der Waals surface area contributed by atoms with Crippen LogP contribution in [0.1, 0.15) is 22.8 Å². The monoisotopic (exact) mass is 460 g/mol. The lowest BCUT2D eigenvalue weighted by molar-refractivity contribution is -0.385. The Kier molecular flexibility index (Phi) is 6.63. The van der Waals surface area contributed by atoms with E-state index in [1.165, 1.54) is 30.3 Å². The summed E-state index contributed by atoms with van der Waals surface area (Å²) in [5.74, 6) is -0.466. The number of benzene rings is 3. The van der Waals surface area contributed by atoms with Crippen molar-refractivity contribution in [1.29, 1.82) is 0 Å². The highest BCUT2D eigenvalue weighted by Crippen LogP contribution is 2.31. The van der Waals surface area contributed by atoms with Crippen molar-refractivity contribution in [2.75, 3.05) is 11.9 Å². The van der Waals surface area contributed by atoms with Crippen molar-refractivity contribution in [2.45, 2.75) is 13.5 Å². The van der Waals surface area contributed by atoms with Crippen molar-refractivity contribution in [1.82, 2.24) is 9.55 Å². The number of anilines is 1. The lowest BCUT2D eigenvalue weighted by Gasteiger charge is -2.13. The second kappa shape index (κ2) is 9.95. The Morgan fingerprint density at radius 2 is 1.85 bits per heavy atom. The van der Waals surface area contributed by atoms with E-state index in [-0.39, 0.29) is 29.4 Å². The lowest BCUT2D eigenvalue weighted by Crippen LogP contribution is -2.16. The molecule has 0 aliphatic carbocycles. The Hall–Kier alpha value is -4.53. The van der Waals surface area contributed by atoms with Crippen LogP contribution in [0.5, 0.6) is 5.75 Å². The van der Waals surface area contributed by atoms with Crippen LogP contribution in [-0.2, 0) is 6.54 Å². The second-order valence-corrected chi connectivity index (χ2v) is 7.39. The van der Waals surface area contributed by atoms with Gasteiger partial charge in [0, 0.05) is 17.2 Å². The van der Waals surface area contributed by atoms with Crippen molar-refractivity contribution in [2.24, 2.45) is 0 Å². The van der Waals surface area contributed by atoms with Gasteiger partial charge in [-0.3, -0.25) is 14.9 Å². The van der Waals surface area contributed by atoms with Gasteiger partial charge < -0.3 is 14.6 Å². The van der Waals surface area contributed by atoms with Crippen molar-refractivity contribution >= 4 is 17.4 Å². The minimum atomic E-state index is -0.592. The van der Waals surface area contributed by atoms with Gasteiger partial charge in [-0.1, -0.05) is 30.3 Å². The average Bonchev–Trinajstić information content (AvgIpc) is 3.22. The Balaban J connectivity index is 1.71. The van der Waals surface area contributed by atoms with Crippen LogP contribution in [0.2, 0.25) is 0 Å². The predicted octanol–water partition coefficient (Wildman–Crippen LogP) is 5.30. The van der Waals surface area contributed by atoms with Gasteiger partial charge in [-0.05, 0) is 48.9 Å². The summed E-state index contributed by atoms with van der Waals surface area (Å²) in [5.41, 5.74) is 1.84. The fraction of sp³-hybridized carbons (Fsp3) is 0.120. The quantitative estimate of drug-likeness (QED) is 0.284. The number of hydrogen-bond donors (Lipinski definition) is 1. The molecule has 0 atom stereocenters. The Bertz CT molecular complexity index is 1320. The number of nitro groups is 1. The molecule has 8 nitrogen and oxygen atoms in total. The van der Waals surface area contributed by atoms with Gasteiger partial charge in [-0.25, -0.2) is 9.37 Å². The predicted molar refractivity (Wildman–Crippen MR) is 125 cm³/mol. The normalized spacial score (nSPS) is 10.6. The van der Waals surface area contributed by atoms with Crippen LogP contribution in [0.3, 0.4) is 0 Å². The Morgan fingerprint density at radius 1 is 1.12 bits per heavy atom. The van der Waals surface area contributed by atoms with Crippen LogP contribution in [-0.4, -0.2) is 27.0 Å². The summed E-state index contributed by atoms with van der Waals surface area (Å²) in [4.78, 5) is 28.4. The van der Waals surface area contributed by atoms with Crippen molar-refractivity contribution in [3.05, 3.63) is 106 Å². The minimum Gasteiger partial charge on any atom is -0.487 e. The first-order chi connectivity index (χ1) is 16.5. The molecular formula is C25H21FN4O4. The van der Waals surface area contributed by atoms with Gasteiger partial charge in [0.05, 0.1) is 24.4 Å². The second-order valence-electron chi connectivity index (χ2n) is 7.39. The third-order valence-electron chi connectivity index (χ3n) is 5.10. The zero-order valence-corrected chi connectivity index (χ0v) is 18.3. The molecule has 0 fully saturated rings. The number of imidazole rings is 1. The molecule has 4 aromatic rings. The van der Waals surface area contributed by atoms with Gasteiger partial charge in [0.15, 0.2) is 5.75 Å². The lowest BCUT2D eigenvalue weighted by atomic mass is 10.1. The van der Waals surface area contributed by atoms with E-state index in [9.17, 15) is 19.3 Å². The van der Waals surface area contributed by atoms with Crippen LogP contribution in [0, 0.1) is 15.9 Å². The van der Waals surface area contributed by atoms with Gasteiger partial charge in [0.25, 0.3) is 5.91 Å². The van der Waals surface area contributed by atoms with Crippen LogP contribution < -0.4 is 10.1 Å². The van der Waals surface area contributed by atoms with E-state index in [2.05, 4.69) is 10.3 Å². The number of hydrogen-bond acceptors (Lipinski definition) is 5. The number of nitrogens with zero attached hydrogens (tertiary/aromatic N) is 3. The summed E-state index contributed by atoms with van der Waals surface area (Å²) in [5, 5.41) is 14.3. The minimum absolute atomic E-state index is 0.0881. The third-order valence-corrected chi connectivity index (χ3v) is 5.10.